The zero-order chi connectivity index (χ0) is 18.5. The molecule has 26 heavy (non-hydrogen) atoms. The molecule has 0 unspecified atom stereocenters. The molecule has 140 valence electrons. The quantitative estimate of drug-likeness (QED) is 0.820. The van der Waals surface area contributed by atoms with Crippen LogP contribution in [-0.4, -0.2) is 23.5 Å². The third-order valence-electron chi connectivity index (χ3n) is 7.33. The van der Waals surface area contributed by atoms with Gasteiger partial charge < -0.3 is 9.84 Å². The Hall–Kier alpha value is -1.84. The lowest BCUT2D eigenvalue weighted by atomic mass is 9.54. The molecular weight excluding hydrogens is 328 g/mol. The summed E-state index contributed by atoms with van der Waals surface area (Å²) in [5.41, 5.74) is 2.20. The first-order chi connectivity index (χ1) is 12.4. The molecule has 5 atom stereocenters. The number of ketones is 1. The third-order valence-corrected chi connectivity index (χ3v) is 7.33. The summed E-state index contributed by atoms with van der Waals surface area (Å²) in [5.74, 6) is 1.87. The summed E-state index contributed by atoms with van der Waals surface area (Å²) in [6.45, 7) is 4.38. The molecule has 0 radical (unpaired) electrons. The van der Waals surface area contributed by atoms with E-state index < -0.39 is 0 Å². The van der Waals surface area contributed by atoms with Crippen molar-refractivity contribution in [3.05, 3.63) is 29.3 Å². The summed E-state index contributed by atoms with van der Waals surface area (Å²) < 4.78 is 5.19. The fraction of sp³-hybridized carbons (Fsp3) is 0.636. The van der Waals surface area contributed by atoms with Gasteiger partial charge in [0.2, 0.25) is 0 Å². The number of Topliss-reactive ketones (excluding diaryl/α,β-unsaturated/α-hetero) is 1. The van der Waals surface area contributed by atoms with Gasteiger partial charge in [-0.2, -0.15) is 0 Å². The van der Waals surface area contributed by atoms with Gasteiger partial charge in [0.15, 0.2) is 0 Å². The molecule has 1 aromatic rings. The summed E-state index contributed by atoms with van der Waals surface area (Å²) in [6, 6.07) is 5.64. The molecule has 0 amide bonds. The van der Waals surface area contributed by atoms with Crippen LogP contribution < -0.4 is 0 Å². The Morgan fingerprint density at radius 1 is 1.31 bits per heavy atom. The molecular formula is C22H28O4. The van der Waals surface area contributed by atoms with Crippen molar-refractivity contribution >= 4 is 11.8 Å². The van der Waals surface area contributed by atoms with Gasteiger partial charge in [0.25, 0.3) is 0 Å². The summed E-state index contributed by atoms with van der Waals surface area (Å²) in [6.07, 6.45) is 4.93. The van der Waals surface area contributed by atoms with Crippen molar-refractivity contribution in [1.82, 2.24) is 0 Å². The lowest BCUT2D eigenvalue weighted by molar-refractivity contribution is -0.144. The molecule has 4 rings (SSSR count). The first-order valence-electron chi connectivity index (χ1n) is 9.95. The number of ether oxygens (including phenoxy) is 1. The van der Waals surface area contributed by atoms with Crippen molar-refractivity contribution in [2.24, 2.45) is 17.3 Å². The highest BCUT2D eigenvalue weighted by atomic mass is 16.5. The SMILES string of the molecule is CCOC(=O)C[C@@H]1C[C@@H]2[C@H](CC[C@]3(C)C(=O)CC[C@@H]23)c2ccc(O)cc21. The number of phenols is 1. The molecule has 3 aliphatic rings. The number of aromatic hydroxyl groups is 1. The minimum absolute atomic E-state index is 0.0652. The molecule has 0 heterocycles. The smallest absolute Gasteiger partial charge is 0.306 e. The number of rotatable bonds is 3. The van der Waals surface area contributed by atoms with Gasteiger partial charge in [0.1, 0.15) is 11.5 Å². The monoisotopic (exact) mass is 356 g/mol. The second-order valence-electron chi connectivity index (χ2n) is 8.55. The number of hydrogen-bond acceptors (Lipinski definition) is 4. The van der Waals surface area contributed by atoms with Crippen molar-refractivity contribution in [2.45, 2.75) is 64.2 Å². The average molecular weight is 356 g/mol. The Morgan fingerprint density at radius 3 is 2.88 bits per heavy atom. The summed E-state index contributed by atoms with van der Waals surface area (Å²) in [5, 5.41) is 10.0. The molecule has 2 fully saturated rings. The molecule has 4 nitrogen and oxygen atoms in total. The van der Waals surface area contributed by atoms with Crippen molar-refractivity contribution in [3.8, 4) is 5.75 Å². The van der Waals surface area contributed by atoms with Gasteiger partial charge in [-0.3, -0.25) is 9.59 Å². The number of fused-ring (bicyclic) bond motifs is 5. The van der Waals surface area contributed by atoms with E-state index in [4.69, 9.17) is 4.74 Å². The number of esters is 1. The van der Waals surface area contributed by atoms with Crippen LogP contribution in [0.1, 0.15) is 75.3 Å². The summed E-state index contributed by atoms with van der Waals surface area (Å²) in [4.78, 5) is 24.7. The Bertz CT molecular complexity index is 740. The van der Waals surface area contributed by atoms with Gasteiger partial charge in [0, 0.05) is 11.8 Å². The molecule has 4 heteroatoms. The van der Waals surface area contributed by atoms with E-state index in [1.807, 2.05) is 19.1 Å². The Morgan fingerprint density at radius 2 is 2.12 bits per heavy atom. The maximum Gasteiger partial charge on any atom is 0.306 e. The van der Waals surface area contributed by atoms with Gasteiger partial charge >= 0.3 is 5.97 Å². The van der Waals surface area contributed by atoms with Crippen LogP contribution in [0.3, 0.4) is 0 Å². The van der Waals surface area contributed by atoms with Crippen LogP contribution in [0.5, 0.6) is 5.75 Å². The van der Waals surface area contributed by atoms with Crippen LogP contribution >= 0.6 is 0 Å². The number of phenolic OH excluding ortho intramolecular Hbond substituents is 1. The van der Waals surface area contributed by atoms with Crippen LogP contribution in [0.25, 0.3) is 0 Å². The molecule has 0 aliphatic heterocycles. The molecule has 0 saturated heterocycles. The maximum atomic E-state index is 12.5. The summed E-state index contributed by atoms with van der Waals surface area (Å²) >= 11 is 0. The minimum atomic E-state index is -0.177. The Kier molecular flexibility index (Phi) is 4.32. The van der Waals surface area contributed by atoms with Crippen LogP contribution in [-0.2, 0) is 14.3 Å². The van der Waals surface area contributed by atoms with Crippen molar-refractivity contribution in [1.29, 1.82) is 0 Å². The average Bonchev–Trinajstić information content (AvgIpc) is 2.91. The zero-order valence-corrected chi connectivity index (χ0v) is 15.7. The Labute approximate surface area is 154 Å². The highest BCUT2D eigenvalue weighted by Gasteiger charge is 2.55. The maximum absolute atomic E-state index is 12.5. The standard InChI is InChI=1S/C22H28O4/c1-3-26-21(25)11-13-10-18-16(15-5-4-14(23)12-17(13)15)8-9-22(2)19(18)6-7-20(22)24/h4-5,12-13,16,18-19,23H,3,6-11H2,1-2H3/t13-,16+,18+,19-,22-/m0/s1. The van der Waals surface area contributed by atoms with Crippen molar-refractivity contribution < 1.29 is 19.4 Å². The number of carbonyl (C=O) groups excluding carboxylic acids is 2. The van der Waals surface area contributed by atoms with Crippen molar-refractivity contribution in [3.63, 3.8) is 0 Å². The van der Waals surface area contributed by atoms with Crippen LogP contribution in [0.2, 0.25) is 0 Å². The van der Waals surface area contributed by atoms with Gasteiger partial charge in [-0.05, 0) is 79.5 Å². The predicted molar refractivity (Wildman–Crippen MR) is 98.0 cm³/mol. The van der Waals surface area contributed by atoms with Gasteiger partial charge in [-0.15, -0.1) is 0 Å². The molecule has 0 aromatic heterocycles. The van der Waals surface area contributed by atoms with Gasteiger partial charge in [-0.1, -0.05) is 13.0 Å². The fourth-order valence-electron chi connectivity index (χ4n) is 6.10. The Balaban J connectivity index is 1.71. The number of hydrogen-bond donors (Lipinski definition) is 1. The normalized spacial score (nSPS) is 35.4. The van der Waals surface area contributed by atoms with E-state index in [1.54, 1.807) is 6.07 Å². The molecule has 0 bridgehead atoms. The van der Waals surface area contributed by atoms with E-state index in [0.29, 0.717) is 43.0 Å². The second-order valence-corrected chi connectivity index (χ2v) is 8.55. The predicted octanol–water partition coefficient (Wildman–Crippen LogP) is 4.31. The van der Waals surface area contributed by atoms with E-state index in [9.17, 15) is 14.7 Å². The molecule has 0 spiro atoms. The summed E-state index contributed by atoms with van der Waals surface area (Å²) in [7, 11) is 0. The largest absolute Gasteiger partial charge is 0.508 e. The number of benzene rings is 1. The molecule has 1 aromatic carbocycles. The topological polar surface area (TPSA) is 63.6 Å². The third kappa shape index (κ3) is 2.65. The van der Waals surface area contributed by atoms with E-state index in [0.717, 1.165) is 31.2 Å². The number of carbonyl (C=O) groups is 2. The lowest BCUT2D eigenvalue weighted by Crippen LogP contribution is -2.43. The van der Waals surface area contributed by atoms with E-state index in [2.05, 4.69) is 6.92 Å². The van der Waals surface area contributed by atoms with E-state index >= 15 is 0 Å². The van der Waals surface area contributed by atoms with Gasteiger partial charge in [0.05, 0.1) is 13.0 Å². The highest BCUT2D eigenvalue weighted by molar-refractivity contribution is 5.87. The van der Waals surface area contributed by atoms with Crippen LogP contribution in [0, 0.1) is 17.3 Å². The molecule has 2 saturated carbocycles. The lowest BCUT2D eigenvalue weighted by Gasteiger charge is -2.50. The minimum Gasteiger partial charge on any atom is -0.508 e. The van der Waals surface area contributed by atoms with Gasteiger partial charge in [-0.25, -0.2) is 0 Å². The van der Waals surface area contributed by atoms with Crippen LogP contribution in [0.15, 0.2) is 18.2 Å². The first kappa shape index (κ1) is 17.6. The molecule has 1 N–H and O–H groups in total. The first-order valence-corrected chi connectivity index (χ1v) is 9.95. The van der Waals surface area contributed by atoms with E-state index in [1.165, 1.54) is 5.56 Å². The van der Waals surface area contributed by atoms with Crippen LogP contribution in [0.4, 0.5) is 0 Å². The fourth-order valence-corrected chi connectivity index (χ4v) is 6.10. The highest BCUT2D eigenvalue weighted by Crippen LogP contribution is 2.61. The van der Waals surface area contributed by atoms with Crippen molar-refractivity contribution in [2.75, 3.05) is 6.61 Å². The molecule has 3 aliphatic carbocycles. The van der Waals surface area contributed by atoms with E-state index in [-0.39, 0.29) is 23.1 Å². The second kappa shape index (κ2) is 6.40. The zero-order valence-electron chi connectivity index (χ0n) is 15.7.